The predicted molar refractivity (Wildman–Crippen MR) is 64.3 cm³/mol. The zero-order valence-corrected chi connectivity index (χ0v) is 11.2. The predicted octanol–water partition coefficient (Wildman–Crippen LogP) is 4.19. The van der Waals surface area contributed by atoms with Gasteiger partial charge in [-0.25, -0.2) is 22.5 Å². The Morgan fingerprint density at radius 2 is 1.68 bits per heavy atom. The first-order valence-corrected chi connectivity index (χ1v) is 5.85. The topological polar surface area (TPSA) is 37.8 Å². The molecular weight excluding hydrogens is 353 g/mol. The van der Waals surface area contributed by atoms with Gasteiger partial charge >= 0.3 is 0 Å². The van der Waals surface area contributed by atoms with E-state index in [0.29, 0.717) is 0 Å². The highest BCUT2D eigenvalue weighted by Gasteiger charge is 2.20. The van der Waals surface area contributed by atoms with Gasteiger partial charge in [-0.15, -0.1) is 0 Å². The lowest BCUT2D eigenvalue weighted by atomic mass is 10.2. The van der Waals surface area contributed by atoms with Crippen LogP contribution in [0, 0.1) is 23.3 Å². The fraction of sp³-hybridized carbons (Fsp3) is 0. The summed E-state index contributed by atoms with van der Waals surface area (Å²) in [4.78, 5) is 7.22. The van der Waals surface area contributed by atoms with Gasteiger partial charge in [0.25, 0.3) is 0 Å². The second-order valence-electron chi connectivity index (χ2n) is 3.30. The number of nitrogens with zero attached hydrogens (tertiary/aromatic N) is 2. The number of aromatic nitrogens is 2. The number of rotatable bonds is 2. The van der Waals surface area contributed by atoms with Crippen LogP contribution in [0.3, 0.4) is 0 Å². The molecule has 19 heavy (non-hydrogen) atoms. The summed E-state index contributed by atoms with van der Waals surface area (Å²) in [5, 5.41) is 1.91. The molecule has 1 N–H and O–H groups in total. The van der Waals surface area contributed by atoms with Crippen molar-refractivity contribution in [2.75, 3.05) is 5.32 Å². The minimum absolute atomic E-state index is 0.109. The third kappa shape index (κ3) is 2.79. The fourth-order valence-corrected chi connectivity index (χ4v) is 1.66. The van der Waals surface area contributed by atoms with Crippen LogP contribution >= 0.6 is 27.5 Å². The minimum Gasteiger partial charge on any atom is -0.334 e. The van der Waals surface area contributed by atoms with Crippen molar-refractivity contribution in [2.24, 2.45) is 0 Å². The maximum atomic E-state index is 13.4. The fourth-order valence-electron chi connectivity index (χ4n) is 1.23. The Bertz CT molecular complexity index is 627. The Morgan fingerprint density at radius 3 is 2.26 bits per heavy atom. The van der Waals surface area contributed by atoms with Crippen molar-refractivity contribution >= 4 is 39.0 Å². The van der Waals surface area contributed by atoms with Crippen LogP contribution in [0.25, 0.3) is 0 Å². The van der Waals surface area contributed by atoms with Crippen LogP contribution in [0.2, 0.25) is 5.28 Å². The van der Waals surface area contributed by atoms with Gasteiger partial charge in [0.15, 0.2) is 23.3 Å². The Labute approximate surface area is 117 Å². The van der Waals surface area contributed by atoms with E-state index in [1.54, 1.807) is 0 Å². The summed E-state index contributed by atoms with van der Waals surface area (Å²) in [5.74, 6) is -6.33. The number of anilines is 2. The first-order valence-electron chi connectivity index (χ1n) is 4.68. The Morgan fingerprint density at radius 1 is 1.11 bits per heavy atom. The van der Waals surface area contributed by atoms with E-state index in [1.165, 1.54) is 6.20 Å². The molecule has 0 saturated carbocycles. The maximum absolute atomic E-state index is 13.4. The van der Waals surface area contributed by atoms with Crippen molar-refractivity contribution in [3.63, 3.8) is 0 Å². The molecule has 0 unspecified atom stereocenters. The van der Waals surface area contributed by atoms with Crippen LogP contribution in [-0.4, -0.2) is 9.97 Å². The van der Waals surface area contributed by atoms with Crippen molar-refractivity contribution in [2.45, 2.75) is 0 Å². The van der Waals surface area contributed by atoms with E-state index in [2.05, 4.69) is 31.2 Å². The Kier molecular flexibility index (Phi) is 3.91. The highest BCUT2D eigenvalue weighted by Crippen LogP contribution is 2.29. The molecule has 0 aliphatic carbocycles. The van der Waals surface area contributed by atoms with E-state index in [1.807, 2.05) is 0 Å². The van der Waals surface area contributed by atoms with Crippen LogP contribution in [0.1, 0.15) is 0 Å². The van der Waals surface area contributed by atoms with Gasteiger partial charge in [0.2, 0.25) is 5.28 Å². The molecule has 0 atom stereocenters. The molecule has 0 fully saturated rings. The second-order valence-corrected chi connectivity index (χ2v) is 4.50. The molecule has 0 spiro atoms. The van der Waals surface area contributed by atoms with E-state index >= 15 is 0 Å². The number of halogens is 6. The monoisotopic (exact) mass is 355 g/mol. The van der Waals surface area contributed by atoms with Crippen LogP contribution < -0.4 is 5.32 Å². The number of nitrogens with one attached hydrogen (secondary N) is 1. The standard InChI is InChI=1S/C10H3BrClF4N3/c11-3-2-17-10(12)19-9(3)18-8-6(15)4(13)1-5(14)7(8)16/h1-2H,(H,17,18,19). The number of hydrogen-bond acceptors (Lipinski definition) is 3. The van der Waals surface area contributed by atoms with Crippen molar-refractivity contribution in [1.29, 1.82) is 0 Å². The van der Waals surface area contributed by atoms with Gasteiger partial charge in [-0.05, 0) is 27.5 Å². The van der Waals surface area contributed by atoms with Gasteiger partial charge in [0.05, 0.1) is 4.47 Å². The lowest BCUT2D eigenvalue weighted by Crippen LogP contribution is -2.05. The van der Waals surface area contributed by atoms with Crippen molar-refractivity contribution in [3.8, 4) is 0 Å². The zero-order valence-electron chi connectivity index (χ0n) is 8.82. The molecular formula is C10H3BrClF4N3. The third-order valence-corrected chi connectivity index (χ3v) is 2.83. The summed E-state index contributed by atoms with van der Waals surface area (Å²) in [6.07, 6.45) is 1.21. The summed E-state index contributed by atoms with van der Waals surface area (Å²) in [6, 6.07) is 0.109. The minimum atomic E-state index is -1.57. The van der Waals surface area contributed by atoms with Gasteiger partial charge < -0.3 is 5.32 Å². The molecule has 2 aromatic rings. The van der Waals surface area contributed by atoms with Crippen LogP contribution in [-0.2, 0) is 0 Å². The molecule has 0 aliphatic rings. The lowest BCUT2D eigenvalue weighted by Gasteiger charge is -2.10. The largest absolute Gasteiger partial charge is 0.334 e. The third-order valence-electron chi connectivity index (χ3n) is 2.07. The van der Waals surface area contributed by atoms with Crippen LogP contribution in [0.15, 0.2) is 16.7 Å². The summed E-state index contributed by atoms with van der Waals surface area (Å²) >= 11 is 8.50. The average Bonchev–Trinajstić information content (AvgIpc) is 2.36. The van der Waals surface area contributed by atoms with Gasteiger partial charge in [-0.1, -0.05) is 0 Å². The quantitative estimate of drug-likeness (QED) is 0.498. The second kappa shape index (κ2) is 5.30. The summed E-state index contributed by atoms with van der Waals surface area (Å²) in [5.41, 5.74) is -1.01. The molecule has 0 radical (unpaired) electrons. The van der Waals surface area contributed by atoms with Crippen molar-refractivity contribution in [1.82, 2.24) is 9.97 Å². The molecule has 0 bridgehead atoms. The molecule has 0 aliphatic heterocycles. The van der Waals surface area contributed by atoms with E-state index in [0.717, 1.165) is 0 Å². The summed E-state index contributed by atoms with van der Waals surface area (Å²) < 4.78 is 53.1. The highest BCUT2D eigenvalue weighted by atomic mass is 79.9. The lowest BCUT2D eigenvalue weighted by molar-refractivity contribution is 0.459. The summed E-state index contributed by atoms with van der Waals surface area (Å²) in [6.45, 7) is 0. The molecule has 0 saturated heterocycles. The van der Waals surface area contributed by atoms with E-state index in [9.17, 15) is 17.6 Å². The maximum Gasteiger partial charge on any atom is 0.224 e. The average molecular weight is 357 g/mol. The van der Waals surface area contributed by atoms with Crippen molar-refractivity contribution < 1.29 is 17.6 Å². The highest BCUT2D eigenvalue weighted by molar-refractivity contribution is 9.10. The Balaban J connectivity index is 2.52. The summed E-state index contributed by atoms with van der Waals surface area (Å²) in [7, 11) is 0. The van der Waals surface area contributed by atoms with Crippen LogP contribution in [0.4, 0.5) is 29.1 Å². The molecule has 100 valence electrons. The normalized spacial score (nSPS) is 10.6. The molecule has 3 nitrogen and oxygen atoms in total. The van der Waals surface area contributed by atoms with Gasteiger partial charge in [0, 0.05) is 12.3 Å². The molecule has 1 heterocycles. The molecule has 1 aromatic carbocycles. The van der Waals surface area contributed by atoms with Gasteiger partial charge in [0.1, 0.15) is 11.5 Å². The van der Waals surface area contributed by atoms with Crippen LogP contribution in [0.5, 0.6) is 0 Å². The van der Waals surface area contributed by atoms with Gasteiger partial charge in [-0.3, -0.25) is 0 Å². The SMILES string of the molecule is Fc1cc(F)c(F)c(Nc2nc(Cl)ncc2Br)c1F. The van der Waals surface area contributed by atoms with Gasteiger partial charge in [-0.2, -0.15) is 4.98 Å². The van der Waals surface area contributed by atoms with E-state index in [-0.39, 0.29) is 21.6 Å². The number of benzene rings is 1. The molecule has 2 rings (SSSR count). The Hall–Kier alpha value is -1.41. The van der Waals surface area contributed by atoms with Crippen molar-refractivity contribution in [3.05, 3.63) is 45.3 Å². The molecule has 1 aromatic heterocycles. The smallest absolute Gasteiger partial charge is 0.224 e. The molecule has 9 heteroatoms. The van der Waals surface area contributed by atoms with E-state index in [4.69, 9.17) is 11.6 Å². The zero-order chi connectivity index (χ0) is 14.2. The first-order chi connectivity index (χ1) is 8.90. The van der Waals surface area contributed by atoms with E-state index < -0.39 is 29.0 Å². The molecule has 0 amide bonds. The number of hydrogen-bond donors (Lipinski definition) is 1. The first kappa shape index (κ1) is 14.0.